The van der Waals surface area contributed by atoms with E-state index < -0.39 is 0 Å². The molecule has 58 valence electrons. The smallest absolute Gasteiger partial charge is 0.117 e. The van der Waals surface area contributed by atoms with Crippen molar-refractivity contribution in [2.75, 3.05) is 0 Å². The van der Waals surface area contributed by atoms with Crippen LogP contribution >= 0.6 is 0 Å². The van der Waals surface area contributed by atoms with Gasteiger partial charge in [0.1, 0.15) is 5.76 Å². The number of nitrogens with zero attached hydrogens (tertiary/aromatic N) is 1. The van der Waals surface area contributed by atoms with E-state index in [-0.39, 0.29) is 5.76 Å². The number of hydrogen-bond acceptors (Lipinski definition) is 2. The zero-order valence-corrected chi connectivity index (χ0v) is 6.76. The van der Waals surface area contributed by atoms with Crippen LogP contribution in [0.25, 0.3) is 5.76 Å². The van der Waals surface area contributed by atoms with Crippen LogP contribution in [0.15, 0.2) is 18.7 Å². The second-order valence-electron chi connectivity index (χ2n) is 2.53. The first-order valence-corrected chi connectivity index (χ1v) is 3.44. The summed E-state index contributed by atoms with van der Waals surface area (Å²) in [5.74, 6) is 0.0787. The van der Waals surface area contributed by atoms with Crippen molar-refractivity contribution in [1.29, 1.82) is 0 Å². The second kappa shape index (κ2) is 2.74. The quantitative estimate of drug-likeness (QED) is 0.621. The molecule has 1 aromatic heterocycles. The summed E-state index contributed by atoms with van der Waals surface area (Å²) < 4.78 is 0. The SMILES string of the molecule is C=C(O)c1ccc(C)nc1C. The van der Waals surface area contributed by atoms with Crippen LogP contribution in [0.3, 0.4) is 0 Å². The maximum atomic E-state index is 9.06. The molecule has 0 saturated carbocycles. The van der Waals surface area contributed by atoms with Crippen molar-refractivity contribution in [3.63, 3.8) is 0 Å². The average molecular weight is 149 g/mol. The van der Waals surface area contributed by atoms with Crippen LogP contribution in [0.1, 0.15) is 17.0 Å². The van der Waals surface area contributed by atoms with E-state index in [0.29, 0.717) is 0 Å². The Labute approximate surface area is 66.2 Å². The number of hydrogen-bond donors (Lipinski definition) is 1. The lowest BCUT2D eigenvalue weighted by atomic mass is 10.1. The molecule has 0 atom stereocenters. The minimum Gasteiger partial charge on any atom is -0.508 e. The van der Waals surface area contributed by atoms with Gasteiger partial charge >= 0.3 is 0 Å². The van der Waals surface area contributed by atoms with E-state index in [2.05, 4.69) is 11.6 Å². The topological polar surface area (TPSA) is 33.1 Å². The summed E-state index contributed by atoms with van der Waals surface area (Å²) in [5, 5.41) is 9.06. The van der Waals surface area contributed by atoms with E-state index in [1.807, 2.05) is 26.0 Å². The van der Waals surface area contributed by atoms with Crippen LogP contribution in [-0.2, 0) is 0 Å². The number of aliphatic hydroxyl groups excluding tert-OH is 1. The highest BCUT2D eigenvalue weighted by Crippen LogP contribution is 2.12. The van der Waals surface area contributed by atoms with Gasteiger partial charge in [-0.05, 0) is 26.0 Å². The zero-order valence-electron chi connectivity index (χ0n) is 6.76. The number of pyridine rings is 1. The van der Waals surface area contributed by atoms with Crippen LogP contribution in [0, 0.1) is 13.8 Å². The molecular formula is C9H11NO. The normalized spacial score (nSPS) is 9.64. The third-order valence-corrected chi connectivity index (χ3v) is 1.54. The molecule has 0 saturated heterocycles. The molecule has 0 amide bonds. The van der Waals surface area contributed by atoms with Crippen molar-refractivity contribution < 1.29 is 5.11 Å². The molecule has 1 aromatic rings. The molecule has 0 aromatic carbocycles. The number of aryl methyl sites for hydroxylation is 2. The summed E-state index contributed by atoms with van der Waals surface area (Å²) in [7, 11) is 0. The van der Waals surface area contributed by atoms with Crippen LogP contribution in [-0.4, -0.2) is 10.1 Å². The third kappa shape index (κ3) is 1.58. The molecule has 11 heavy (non-hydrogen) atoms. The van der Waals surface area contributed by atoms with Gasteiger partial charge in [-0.15, -0.1) is 0 Å². The highest BCUT2D eigenvalue weighted by atomic mass is 16.3. The van der Waals surface area contributed by atoms with Gasteiger partial charge in [-0.1, -0.05) is 6.58 Å². The van der Waals surface area contributed by atoms with Gasteiger partial charge in [0.25, 0.3) is 0 Å². The Morgan fingerprint density at radius 3 is 2.55 bits per heavy atom. The number of aliphatic hydroxyl groups is 1. The van der Waals surface area contributed by atoms with Gasteiger partial charge in [0.2, 0.25) is 0 Å². The van der Waals surface area contributed by atoms with Gasteiger partial charge in [-0.3, -0.25) is 4.98 Å². The van der Waals surface area contributed by atoms with Crippen molar-refractivity contribution in [2.24, 2.45) is 0 Å². The third-order valence-electron chi connectivity index (χ3n) is 1.54. The van der Waals surface area contributed by atoms with Crippen LogP contribution in [0.4, 0.5) is 0 Å². The van der Waals surface area contributed by atoms with Crippen molar-refractivity contribution >= 4 is 5.76 Å². The molecule has 1 N–H and O–H groups in total. The fourth-order valence-corrected chi connectivity index (χ4v) is 0.992. The first kappa shape index (κ1) is 7.79. The van der Waals surface area contributed by atoms with Crippen LogP contribution in [0.5, 0.6) is 0 Å². The fourth-order valence-electron chi connectivity index (χ4n) is 0.992. The number of aromatic nitrogens is 1. The van der Waals surface area contributed by atoms with Crippen molar-refractivity contribution in [2.45, 2.75) is 13.8 Å². The molecule has 0 spiro atoms. The molecular weight excluding hydrogens is 138 g/mol. The second-order valence-corrected chi connectivity index (χ2v) is 2.53. The molecule has 1 rings (SSSR count). The standard InChI is InChI=1S/C9H11NO/c1-6-4-5-9(8(3)11)7(2)10-6/h4-5,11H,3H2,1-2H3. The highest BCUT2D eigenvalue weighted by molar-refractivity contribution is 5.57. The predicted molar refractivity (Wildman–Crippen MR) is 45.4 cm³/mol. The zero-order chi connectivity index (χ0) is 8.43. The van der Waals surface area contributed by atoms with Gasteiger partial charge in [-0.2, -0.15) is 0 Å². The van der Waals surface area contributed by atoms with Gasteiger partial charge in [0, 0.05) is 17.0 Å². The van der Waals surface area contributed by atoms with Crippen molar-refractivity contribution in [3.8, 4) is 0 Å². The van der Waals surface area contributed by atoms with E-state index in [9.17, 15) is 0 Å². The molecule has 0 fully saturated rings. The Hall–Kier alpha value is -1.31. The van der Waals surface area contributed by atoms with Crippen LogP contribution < -0.4 is 0 Å². The molecule has 1 heterocycles. The Morgan fingerprint density at radius 1 is 1.45 bits per heavy atom. The molecule has 0 bridgehead atoms. The van der Waals surface area contributed by atoms with Gasteiger partial charge in [0.05, 0.1) is 0 Å². The van der Waals surface area contributed by atoms with E-state index in [1.165, 1.54) is 0 Å². The lowest BCUT2D eigenvalue weighted by Gasteiger charge is -2.02. The van der Waals surface area contributed by atoms with Gasteiger partial charge < -0.3 is 5.11 Å². The minimum absolute atomic E-state index is 0.0787. The van der Waals surface area contributed by atoms with Gasteiger partial charge in [-0.25, -0.2) is 0 Å². The summed E-state index contributed by atoms with van der Waals surface area (Å²) >= 11 is 0. The minimum atomic E-state index is 0.0787. The fraction of sp³-hybridized carbons (Fsp3) is 0.222. The van der Waals surface area contributed by atoms with Crippen LogP contribution in [0.2, 0.25) is 0 Å². The summed E-state index contributed by atoms with van der Waals surface area (Å²) in [6, 6.07) is 3.67. The Morgan fingerprint density at radius 2 is 2.09 bits per heavy atom. The van der Waals surface area contributed by atoms with Gasteiger partial charge in [0.15, 0.2) is 0 Å². The molecule has 0 radical (unpaired) electrons. The largest absolute Gasteiger partial charge is 0.508 e. The maximum Gasteiger partial charge on any atom is 0.117 e. The van der Waals surface area contributed by atoms with Crippen molar-refractivity contribution in [1.82, 2.24) is 4.98 Å². The maximum absolute atomic E-state index is 9.06. The first-order valence-electron chi connectivity index (χ1n) is 3.44. The summed E-state index contributed by atoms with van der Waals surface area (Å²) in [5.41, 5.74) is 2.49. The Balaban J connectivity index is 3.20. The van der Waals surface area contributed by atoms with Crippen molar-refractivity contribution in [3.05, 3.63) is 35.7 Å². The number of rotatable bonds is 1. The van der Waals surface area contributed by atoms with E-state index in [0.717, 1.165) is 17.0 Å². The molecule has 0 aliphatic carbocycles. The Bertz CT molecular complexity index is 292. The monoisotopic (exact) mass is 149 g/mol. The molecule has 2 nitrogen and oxygen atoms in total. The van der Waals surface area contributed by atoms with E-state index in [1.54, 1.807) is 0 Å². The molecule has 0 unspecified atom stereocenters. The predicted octanol–water partition coefficient (Wildman–Crippen LogP) is 2.23. The highest BCUT2D eigenvalue weighted by Gasteiger charge is 2.00. The summed E-state index contributed by atoms with van der Waals surface area (Å²) in [6.45, 7) is 7.20. The summed E-state index contributed by atoms with van der Waals surface area (Å²) in [6.07, 6.45) is 0. The summed E-state index contributed by atoms with van der Waals surface area (Å²) in [4.78, 5) is 4.17. The molecule has 0 aliphatic heterocycles. The lowest BCUT2D eigenvalue weighted by molar-refractivity contribution is 0.512. The molecule has 2 heteroatoms. The average Bonchev–Trinajstić information content (AvgIpc) is 1.85. The molecule has 0 aliphatic rings. The lowest BCUT2D eigenvalue weighted by Crippen LogP contribution is -1.92. The van der Waals surface area contributed by atoms with E-state index >= 15 is 0 Å². The first-order chi connectivity index (χ1) is 5.11. The Kier molecular flexibility index (Phi) is 1.94. The van der Waals surface area contributed by atoms with E-state index in [4.69, 9.17) is 5.11 Å².